The summed E-state index contributed by atoms with van der Waals surface area (Å²) in [4.78, 5) is 10.3. The summed E-state index contributed by atoms with van der Waals surface area (Å²) in [7, 11) is -3.74. The van der Waals surface area contributed by atoms with Crippen LogP contribution in [0.5, 0.6) is 0 Å². The second kappa shape index (κ2) is 8.28. The normalized spacial score (nSPS) is 11.0. The molecule has 1 aromatic rings. The summed E-state index contributed by atoms with van der Waals surface area (Å²) >= 11 is 0. The van der Waals surface area contributed by atoms with E-state index in [9.17, 15) is 18.5 Å². The molecule has 0 aliphatic heterocycles. The van der Waals surface area contributed by atoms with Gasteiger partial charge < -0.3 is 5.73 Å². The molecule has 0 aliphatic carbocycles. The molecule has 120 valence electrons. The largest absolute Gasteiger partial charge is 0.330 e. The number of unbranched alkanes of at least 4 members (excludes halogenated alkanes) is 1. The van der Waals surface area contributed by atoms with E-state index < -0.39 is 14.9 Å². The molecule has 21 heavy (non-hydrogen) atoms. The highest BCUT2D eigenvalue weighted by atomic mass is 35.5. The van der Waals surface area contributed by atoms with Gasteiger partial charge in [-0.1, -0.05) is 0 Å². The SMILES string of the molecule is Cc1cc(C)c(S(=O)(=O)NCCCCN)cc1[N+](=O)[O-].Cl. The smallest absolute Gasteiger partial charge is 0.273 e. The number of hydrogen-bond acceptors (Lipinski definition) is 5. The van der Waals surface area contributed by atoms with E-state index in [0.717, 1.165) is 12.5 Å². The lowest BCUT2D eigenvalue weighted by Gasteiger charge is -2.10. The van der Waals surface area contributed by atoms with Crippen LogP contribution in [-0.2, 0) is 10.0 Å². The number of sulfonamides is 1. The number of nitro benzene ring substituents is 1. The van der Waals surface area contributed by atoms with Crippen molar-refractivity contribution in [3.63, 3.8) is 0 Å². The average Bonchev–Trinajstić information content (AvgIpc) is 2.33. The molecule has 0 saturated carbocycles. The van der Waals surface area contributed by atoms with Gasteiger partial charge in [0.15, 0.2) is 0 Å². The van der Waals surface area contributed by atoms with Gasteiger partial charge in [-0.2, -0.15) is 0 Å². The van der Waals surface area contributed by atoms with Gasteiger partial charge in [-0.05, 0) is 44.9 Å². The van der Waals surface area contributed by atoms with Crippen LogP contribution >= 0.6 is 12.4 Å². The van der Waals surface area contributed by atoms with E-state index in [1.165, 1.54) is 6.07 Å². The third-order valence-electron chi connectivity index (χ3n) is 2.90. The van der Waals surface area contributed by atoms with Crippen molar-refractivity contribution in [3.05, 3.63) is 33.4 Å². The second-order valence-electron chi connectivity index (χ2n) is 4.55. The minimum Gasteiger partial charge on any atom is -0.330 e. The molecule has 1 aromatic carbocycles. The second-order valence-corrected chi connectivity index (χ2v) is 6.29. The summed E-state index contributed by atoms with van der Waals surface area (Å²) in [6.07, 6.45) is 1.35. The fourth-order valence-electron chi connectivity index (χ4n) is 1.86. The number of nitrogens with one attached hydrogen (secondary N) is 1. The maximum Gasteiger partial charge on any atom is 0.273 e. The minimum atomic E-state index is -3.74. The molecule has 0 heterocycles. The molecule has 0 bridgehead atoms. The van der Waals surface area contributed by atoms with Crippen LogP contribution in [0.15, 0.2) is 17.0 Å². The van der Waals surface area contributed by atoms with Crippen LogP contribution in [-0.4, -0.2) is 26.4 Å². The van der Waals surface area contributed by atoms with Crippen molar-refractivity contribution in [3.8, 4) is 0 Å². The van der Waals surface area contributed by atoms with Crippen molar-refractivity contribution >= 4 is 28.1 Å². The molecule has 0 atom stereocenters. The fraction of sp³-hybridized carbons (Fsp3) is 0.500. The number of nitro groups is 1. The van der Waals surface area contributed by atoms with E-state index in [2.05, 4.69) is 4.72 Å². The van der Waals surface area contributed by atoms with Gasteiger partial charge in [-0.25, -0.2) is 13.1 Å². The van der Waals surface area contributed by atoms with Gasteiger partial charge in [-0.3, -0.25) is 10.1 Å². The van der Waals surface area contributed by atoms with Crippen LogP contribution in [0.3, 0.4) is 0 Å². The molecule has 0 aliphatic rings. The molecular formula is C12H20ClN3O4S. The highest BCUT2D eigenvalue weighted by molar-refractivity contribution is 7.89. The Morgan fingerprint density at radius 1 is 1.24 bits per heavy atom. The predicted octanol–water partition coefficient (Wildman–Crippen LogP) is 1.65. The monoisotopic (exact) mass is 337 g/mol. The minimum absolute atomic E-state index is 0. The lowest BCUT2D eigenvalue weighted by atomic mass is 10.1. The molecule has 0 aromatic heterocycles. The molecule has 0 unspecified atom stereocenters. The fourth-order valence-corrected chi connectivity index (χ4v) is 3.18. The van der Waals surface area contributed by atoms with Crippen LogP contribution in [0.4, 0.5) is 5.69 Å². The van der Waals surface area contributed by atoms with Gasteiger partial charge in [0.1, 0.15) is 0 Å². The quantitative estimate of drug-likeness (QED) is 0.446. The van der Waals surface area contributed by atoms with E-state index in [4.69, 9.17) is 5.73 Å². The maximum absolute atomic E-state index is 12.1. The van der Waals surface area contributed by atoms with Gasteiger partial charge in [-0.15, -0.1) is 12.4 Å². The Bertz CT molecular complexity index is 605. The first-order valence-corrected chi connectivity index (χ1v) is 7.73. The van der Waals surface area contributed by atoms with Gasteiger partial charge in [0.2, 0.25) is 10.0 Å². The zero-order chi connectivity index (χ0) is 15.3. The summed E-state index contributed by atoms with van der Waals surface area (Å²) < 4.78 is 26.7. The summed E-state index contributed by atoms with van der Waals surface area (Å²) in [6, 6.07) is 2.61. The first-order chi connectivity index (χ1) is 9.29. The molecule has 3 N–H and O–H groups in total. The molecule has 0 spiro atoms. The molecule has 0 saturated heterocycles. The van der Waals surface area contributed by atoms with Gasteiger partial charge in [0.25, 0.3) is 5.69 Å². The first kappa shape index (κ1) is 19.8. The van der Waals surface area contributed by atoms with Crippen LogP contribution in [0, 0.1) is 24.0 Å². The van der Waals surface area contributed by atoms with Crippen LogP contribution in [0.2, 0.25) is 0 Å². The number of rotatable bonds is 7. The maximum atomic E-state index is 12.1. The highest BCUT2D eigenvalue weighted by Crippen LogP contribution is 2.25. The third kappa shape index (κ3) is 5.24. The third-order valence-corrected chi connectivity index (χ3v) is 4.51. The molecule has 9 heteroatoms. The topological polar surface area (TPSA) is 115 Å². The van der Waals surface area contributed by atoms with Crippen molar-refractivity contribution in [2.24, 2.45) is 5.73 Å². The molecule has 0 amide bonds. The number of nitrogens with two attached hydrogens (primary N) is 1. The van der Waals surface area contributed by atoms with Gasteiger partial charge in [0, 0.05) is 18.2 Å². The molecule has 0 fully saturated rings. The lowest BCUT2D eigenvalue weighted by molar-refractivity contribution is -0.385. The van der Waals surface area contributed by atoms with Gasteiger partial charge in [0.05, 0.1) is 9.82 Å². The zero-order valence-corrected chi connectivity index (χ0v) is 13.6. The molecule has 7 nitrogen and oxygen atoms in total. The van der Waals surface area contributed by atoms with Crippen LogP contribution < -0.4 is 10.5 Å². The molecule has 1 rings (SSSR count). The Kier molecular flexibility index (Phi) is 7.80. The molecule has 0 radical (unpaired) electrons. The Morgan fingerprint density at radius 2 is 1.86 bits per heavy atom. The van der Waals surface area contributed by atoms with E-state index >= 15 is 0 Å². The standard InChI is InChI=1S/C12H19N3O4S.ClH/c1-9-7-10(2)12(8-11(9)15(16)17)20(18,19)14-6-4-3-5-13;/h7-8,14H,3-6,13H2,1-2H3;1H. The Balaban J connectivity index is 0.00000400. The van der Waals surface area contributed by atoms with Crippen molar-refractivity contribution in [1.29, 1.82) is 0 Å². The number of hydrogen-bond donors (Lipinski definition) is 2. The average molecular weight is 338 g/mol. The van der Waals surface area contributed by atoms with Crippen LogP contribution in [0.1, 0.15) is 24.0 Å². The Labute approximate surface area is 130 Å². The first-order valence-electron chi connectivity index (χ1n) is 6.25. The van der Waals surface area contributed by atoms with Gasteiger partial charge >= 0.3 is 0 Å². The number of halogens is 1. The highest BCUT2D eigenvalue weighted by Gasteiger charge is 2.22. The number of nitrogens with zero attached hydrogens (tertiary/aromatic N) is 1. The zero-order valence-electron chi connectivity index (χ0n) is 12.0. The van der Waals surface area contributed by atoms with E-state index in [1.807, 2.05) is 0 Å². The number of benzene rings is 1. The predicted molar refractivity (Wildman–Crippen MR) is 83.3 cm³/mol. The summed E-state index contributed by atoms with van der Waals surface area (Å²) in [5.74, 6) is 0. The summed E-state index contributed by atoms with van der Waals surface area (Å²) in [6.45, 7) is 3.96. The Hall–Kier alpha value is -1.22. The van der Waals surface area contributed by atoms with E-state index in [-0.39, 0.29) is 29.5 Å². The lowest BCUT2D eigenvalue weighted by Crippen LogP contribution is -2.26. The van der Waals surface area contributed by atoms with Crippen molar-refractivity contribution < 1.29 is 13.3 Å². The number of aryl methyl sites for hydroxylation is 2. The summed E-state index contributed by atoms with van der Waals surface area (Å²) in [5, 5.41) is 10.9. The van der Waals surface area contributed by atoms with E-state index in [1.54, 1.807) is 13.8 Å². The summed E-state index contributed by atoms with van der Waals surface area (Å²) in [5.41, 5.74) is 6.06. The van der Waals surface area contributed by atoms with Crippen molar-refractivity contribution in [2.45, 2.75) is 31.6 Å². The van der Waals surface area contributed by atoms with Crippen molar-refractivity contribution in [2.75, 3.05) is 13.1 Å². The van der Waals surface area contributed by atoms with Crippen LogP contribution in [0.25, 0.3) is 0 Å². The molecular weight excluding hydrogens is 318 g/mol. The van der Waals surface area contributed by atoms with E-state index in [0.29, 0.717) is 24.1 Å². The van der Waals surface area contributed by atoms with Crippen molar-refractivity contribution in [1.82, 2.24) is 4.72 Å². The Morgan fingerprint density at radius 3 is 2.38 bits per heavy atom.